The molecule has 0 radical (unpaired) electrons. The molecule has 1 aromatic carbocycles. The van der Waals surface area contributed by atoms with Crippen LogP contribution in [0.2, 0.25) is 5.02 Å². The minimum absolute atomic E-state index is 0.184. The lowest BCUT2D eigenvalue weighted by Gasteiger charge is -2.25. The molecule has 1 saturated carbocycles. The van der Waals surface area contributed by atoms with Crippen LogP contribution in [0.5, 0.6) is 0 Å². The number of rotatable bonds is 6. The van der Waals surface area contributed by atoms with Crippen molar-refractivity contribution in [2.75, 3.05) is 19.6 Å². The second-order valence-corrected chi connectivity index (χ2v) is 9.06. The fourth-order valence-corrected chi connectivity index (χ4v) is 5.13. The molecule has 152 valence electrons. The second-order valence-electron chi connectivity index (χ2n) is 8.62. The zero-order chi connectivity index (χ0) is 19.3. The molecule has 1 saturated heterocycles. The van der Waals surface area contributed by atoms with Gasteiger partial charge in [0.2, 0.25) is 5.91 Å². The van der Waals surface area contributed by atoms with Crippen LogP contribution >= 0.6 is 11.6 Å². The average molecular weight is 402 g/mol. The van der Waals surface area contributed by atoms with Crippen molar-refractivity contribution < 1.29 is 4.79 Å². The molecule has 0 N–H and O–H groups in total. The molecule has 1 aliphatic carbocycles. The molecule has 2 aliphatic heterocycles. The summed E-state index contributed by atoms with van der Waals surface area (Å²) in [5.74, 6) is 1.02. The SMILES string of the molecule is O=C(CCCC1CCCCC1)N1CC(N2CCCC2)C(c2ccc(Cl)cc2)=N1. The number of halogens is 1. The number of hydrogen-bond acceptors (Lipinski definition) is 3. The summed E-state index contributed by atoms with van der Waals surface area (Å²) < 4.78 is 0. The highest BCUT2D eigenvalue weighted by Gasteiger charge is 2.35. The molecule has 0 spiro atoms. The molecular weight excluding hydrogens is 370 g/mol. The van der Waals surface area contributed by atoms with Gasteiger partial charge >= 0.3 is 0 Å². The lowest BCUT2D eigenvalue weighted by atomic mass is 9.86. The Morgan fingerprint density at radius 1 is 1.04 bits per heavy atom. The van der Waals surface area contributed by atoms with Crippen LogP contribution in [0, 0.1) is 5.92 Å². The Labute approximate surface area is 173 Å². The van der Waals surface area contributed by atoms with Crippen LogP contribution in [0.25, 0.3) is 0 Å². The highest BCUT2D eigenvalue weighted by molar-refractivity contribution is 6.30. The van der Waals surface area contributed by atoms with E-state index >= 15 is 0 Å². The van der Waals surface area contributed by atoms with Gasteiger partial charge in [-0.05, 0) is 62.4 Å². The molecule has 1 amide bonds. The van der Waals surface area contributed by atoms with E-state index in [4.69, 9.17) is 16.7 Å². The van der Waals surface area contributed by atoms with E-state index in [-0.39, 0.29) is 11.9 Å². The van der Waals surface area contributed by atoms with E-state index in [0.717, 1.165) is 41.7 Å². The number of hydrogen-bond donors (Lipinski definition) is 0. The number of amides is 1. The first-order chi connectivity index (χ1) is 13.7. The van der Waals surface area contributed by atoms with Gasteiger partial charge in [0.1, 0.15) is 0 Å². The Hall–Kier alpha value is -1.39. The topological polar surface area (TPSA) is 35.9 Å². The Balaban J connectivity index is 1.40. The predicted molar refractivity (Wildman–Crippen MR) is 115 cm³/mol. The van der Waals surface area contributed by atoms with Gasteiger partial charge in [0.05, 0.1) is 18.3 Å². The third-order valence-corrected chi connectivity index (χ3v) is 6.88. The summed E-state index contributed by atoms with van der Waals surface area (Å²) in [7, 11) is 0. The molecule has 3 aliphatic rings. The van der Waals surface area contributed by atoms with Crippen molar-refractivity contribution in [1.29, 1.82) is 0 Å². The summed E-state index contributed by atoms with van der Waals surface area (Å²) in [6.45, 7) is 2.89. The van der Waals surface area contributed by atoms with Crippen LogP contribution in [-0.2, 0) is 4.79 Å². The Morgan fingerprint density at radius 3 is 2.46 bits per heavy atom. The normalized spacial score (nSPS) is 24.0. The van der Waals surface area contributed by atoms with Gasteiger partial charge < -0.3 is 0 Å². The average Bonchev–Trinajstić information content (AvgIpc) is 3.39. The zero-order valence-corrected chi connectivity index (χ0v) is 17.5. The molecule has 2 fully saturated rings. The van der Waals surface area contributed by atoms with Crippen molar-refractivity contribution in [3.63, 3.8) is 0 Å². The Morgan fingerprint density at radius 2 is 1.75 bits per heavy atom. The molecule has 1 atom stereocenters. The maximum atomic E-state index is 12.9. The number of nitrogens with zero attached hydrogens (tertiary/aromatic N) is 3. The smallest absolute Gasteiger partial charge is 0.242 e. The van der Waals surface area contributed by atoms with Crippen molar-refractivity contribution in [3.05, 3.63) is 34.9 Å². The quantitative estimate of drug-likeness (QED) is 0.664. The monoisotopic (exact) mass is 401 g/mol. The number of carbonyl (C=O) groups is 1. The van der Waals surface area contributed by atoms with Crippen LogP contribution in [-0.4, -0.2) is 47.2 Å². The second kappa shape index (κ2) is 9.41. The van der Waals surface area contributed by atoms with E-state index in [1.807, 2.05) is 24.3 Å². The van der Waals surface area contributed by atoms with Gasteiger partial charge in [-0.25, -0.2) is 5.01 Å². The van der Waals surface area contributed by atoms with Crippen molar-refractivity contribution >= 4 is 23.2 Å². The van der Waals surface area contributed by atoms with Crippen molar-refractivity contribution in [2.24, 2.45) is 11.0 Å². The lowest BCUT2D eigenvalue weighted by molar-refractivity contribution is -0.131. The highest BCUT2D eigenvalue weighted by Crippen LogP contribution is 2.28. The molecular formula is C23H32ClN3O. The summed E-state index contributed by atoms with van der Waals surface area (Å²) in [4.78, 5) is 15.3. The summed E-state index contributed by atoms with van der Waals surface area (Å²) in [6, 6.07) is 8.10. The minimum Gasteiger partial charge on any atom is -0.293 e. The number of likely N-dealkylation sites (tertiary alicyclic amines) is 1. The van der Waals surface area contributed by atoms with Crippen LogP contribution < -0.4 is 0 Å². The largest absolute Gasteiger partial charge is 0.293 e. The standard InChI is InChI=1S/C23H32ClN3O/c24-20-13-11-19(12-14-20)23-21(26-15-4-5-16-26)17-27(25-23)22(28)10-6-9-18-7-2-1-3-8-18/h11-14,18,21H,1-10,15-17H2. The van der Waals surface area contributed by atoms with E-state index in [0.29, 0.717) is 13.0 Å². The Bertz CT molecular complexity index is 690. The van der Waals surface area contributed by atoms with Gasteiger partial charge in [0.25, 0.3) is 0 Å². The van der Waals surface area contributed by atoms with Gasteiger partial charge in [-0.2, -0.15) is 5.10 Å². The van der Waals surface area contributed by atoms with Crippen LogP contribution in [0.1, 0.15) is 69.8 Å². The van der Waals surface area contributed by atoms with E-state index < -0.39 is 0 Å². The first-order valence-corrected chi connectivity index (χ1v) is 11.5. The molecule has 0 bridgehead atoms. The molecule has 5 heteroatoms. The molecule has 1 unspecified atom stereocenters. The van der Waals surface area contributed by atoms with Crippen molar-refractivity contribution in [1.82, 2.24) is 9.91 Å². The fourth-order valence-electron chi connectivity index (χ4n) is 5.00. The van der Waals surface area contributed by atoms with E-state index in [1.165, 1.54) is 51.4 Å². The molecule has 2 heterocycles. The van der Waals surface area contributed by atoms with E-state index in [9.17, 15) is 4.79 Å². The minimum atomic E-state index is 0.184. The molecule has 0 aromatic heterocycles. The van der Waals surface area contributed by atoms with Gasteiger partial charge in [-0.3, -0.25) is 9.69 Å². The highest BCUT2D eigenvalue weighted by atomic mass is 35.5. The molecule has 4 nitrogen and oxygen atoms in total. The third kappa shape index (κ3) is 4.77. The first kappa shape index (κ1) is 19.9. The van der Waals surface area contributed by atoms with Gasteiger partial charge in [0.15, 0.2) is 0 Å². The van der Waals surface area contributed by atoms with Gasteiger partial charge in [-0.15, -0.1) is 0 Å². The lowest BCUT2D eigenvalue weighted by Crippen LogP contribution is -2.42. The molecule has 4 rings (SSSR count). The number of hydrazone groups is 1. The number of benzene rings is 1. The third-order valence-electron chi connectivity index (χ3n) is 6.63. The van der Waals surface area contributed by atoms with Crippen molar-refractivity contribution in [2.45, 2.75) is 70.3 Å². The predicted octanol–water partition coefficient (Wildman–Crippen LogP) is 5.10. The number of carbonyl (C=O) groups excluding carboxylic acids is 1. The van der Waals surface area contributed by atoms with Gasteiger partial charge in [0, 0.05) is 11.4 Å². The Kier molecular flexibility index (Phi) is 6.69. The first-order valence-electron chi connectivity index (χ1n) is 11.1. The summed E-state index contributed by atoms with van der Waals surface area (Å²) in [5.41, 5.74) is 2.11. The van der Waals surface area contributed by atoms with E-state index in [1.54, 1.807) is 5.01 Å². The van der Waals surface area contributed by atoms with E-state index in [2.05, 4.69) is 4.90 Å². The summed E-state index contributed by atoms with van der Waals surface area (Å²) >= 11 is 6.07. The maximum absolute atomic E-state index is 12.9. The molecule has 28 heavy (non-hydrogen) atoms. The summed E-state index contributed by atoms with van der Waals surface area (Å²) in [5, 5.41) is 7.27. The van der Waals surface area contributed by atoms with Crippen LogP contribution in [0.3, 0.4) is 0 Å². The van der Waals surface area contributed by atoms with Crippen LogP contribution in [0.15, 0.2) is 29.4 Å². The fraction of sp³-hybridized carbons (Fsp3) is 0.652. The van der Waals surface area contributed by atoms with Gasteiger partial charge in [-0.1, -0.05) is 55.8 Å². The summed E-state index contributed by atoms with van der Waals surface area (Å²) in [6.07, 6.45) is 12.1. The van der Waals surface area contributed by atoms with Crippen molar-refractivity contribution in [3.8, 4) is 0 Å². The molecule has 1 aromatic rings. The zero-order valence-electron chi connectivity index (χ0n) is 16.8. The van der Waals surface area contributed by atoms with Crippen LogP contribution in [0.4, 0.5) is 0 Å². The maximum Gasteiger partial charge on any atom is 0.242 e.